The Kier molecular flexibility index (Phi) is 4.11. The minimum Gasteiger partial charge on any atom is -0.322 e. The van der Waals surface area contributed by atoms with Crippen LogP contribution in [0.5, 0.6) is 0 Å². The number of rotatable bonds is 3. The van der Waals surface area contributed by atoms with E-state index >= 15 is 0 Å². The van der Waals surface area contributed by atoms with Gasteiger partial charge in [-0.15, -0.1) is 0 Å². The van der Waals surface area contributed by atoms with E-state index in [0.29, 0.717) is 0 Å². The Hall–Kier alpha value is -2.25. The summed E-state index contributed by atoms with van der Waals surface area (Å²) in [5.74, 6) is 2.49. The van der Waals surface area contributed by atoms with Crippen LogP contribution in [0.3, 0.4) is 0 Å². The average molecular weight is 299 g/mol. The van der Waals surface area contributed by atoms with Gasteiger partial charge in [-0.2, -0.15) is 0 Å². The third-order valence-electron chi connectivity index (χ3n) is 2.39. The molecule has 0 saturated heterocycles. The van der Waals surface area contributed by atoms with Crippen molar-refractivity contribution in [1.29, 1.82) is 0 Å². The van der Waals surface area contributed by atoms with E-state index in [2.05, 4.69) is 10.3 Å². The third-order valence-corrected chi connectivity index (χ3v) is 2.61. The number of carbonyl (C=O) groups is 1. The largest absolute Gasteiger partial charge is 0.322 e. The maximum Gasteiger partial charge on any atom is 0.258 e. The van der Waals surface area contributed by atoms with Gasteiger partial charge in [0.1, 0.15) is 5.82 Å². The lowest BCUT2D eigenvalue weighted by molar-refractivity contribution is 0.102. The molecule has 0 radical (unpaired) electrons. The smallest absolute Gasteiger partial charge is 0.258 e. The first-order valence-corrected chi connectivity index (χ1v) is 5.77. The molecule has 2 aromatic rings. The number of pyridine rings is 1. The second kappa shape index (κ2) is 5.81. The molecule has 0 atom stereocenters. The number of hydrogen-bond acceptors (Lipinski definition) is 4. The van der Waals surface area contributed by atoms with Crippen molar-refractivity contribution in [3.05, 3.63) is 52.7 Å². The Morgan fingerprint density at radius 2 is 2.05 bits per heavy atom. The van der Waals surface area contributed by atoms with Crippen LogP contribution in [0.2, 0.25) is 5.02 Å². The van der Waals surface area contributed by atoms with Gasteiger partial charge in [0.15, 0.2) is 11.6 Å². The molecule has 0 fully saturated rings. The van der Waals surface area contributed by atoms with Crippen LogP contribution < -0.4 is 16.6 Å². The first kappa shape index (κ1) is 14.2. The van der Waals surface area contributed by atoms with Gasteiger partial charge in [0, 0.05) is 16.9 Å². The second-order valence-electron chi connectivity index (χ2n) is 3.78. The summed E-state index contributed by atoms with van der Waals surface area (Å²) in [6.45, 7) is 0. The number of benzene rings is 1. The van der Waals surface area contributed by atoms with Gasteiger partial charge >= 0.3 is 0 Å². The summed E-state index contributed by atoms with van der Waals surface area (Å²) in [7, 11) is 0. The quantitative estimate of drug-likeness (QED) is 0.601. The highest BCUT2D eigenvalue weighted by molar-refractivity contribution is 6.31. The Morgan fingerprint density at radius 3 is 2.70 bits per heavy atom. The van der Waals surface area contributed by atoms with Gasteiger partial charge in [0.2, 0.25) is 0 Å². The van der Waals surface area contributed by atoms with E-state index in [1.54, 1.807) is 0 Å². The summed E-state index contributed by atoms with van der Waals surface area (Å²) in [6, 6.07) is 4.65. The predicted octanol–water partition coefficient (Wildman–Crippen LogP) is 2.55. The summed E-state index contributed by atoms with van der Waals surface area (Å²) in [6.07, 6.45) is 1.21. The Bertz CT molecular complexity index is 646. The molecule has 8 heteroatoms. The number of nitrogens with zero attached hydrogens (tertiary/aromatic N) is 1. The maximum absolute atomic E-state index is 13.8. The van der Waals surface area contributed by atoms with Gasteiger partial charge < -0.3 is 10.7 Å². The normalized spacial score (nSPS) is 10.2. The Balaban J connectivity index is 2.28. The molecule has 1 heterocycles. The number of carbonyl (C=O) groups excluding carboxylic acids is 1. The Labute approximate surface area is 117 Å². The summed E-state index contributed by atoms with van der Waals surface area (Å²) in [5.41, 5.74) is 1.85. The molecule has 1 aromatic carbocycles. The summed E-state index contributed by atoms with van der Waals surface area (Å²) < 4.78 is 27.0. The topological polar surface area (TPSA) is 80.0 Å². The number of anilines is 2. The molecule has 0 spiro atoms. The standard InChI is InChI=1S/C12H9ClF2N4O/c13-6-3-7(14)5-8(4-6)18-12(20)9-1-2-17-11(19-16)10(9)15/h1-5H,16H2,(H,17,19)(H,18,20). The minimum atomic E-state index is -0.907. The van der Waals surface area contributed by atoms with Crippen molar-refractivity contribution < 1.29 is 13.6 Å². The fraction of sp³-hybridized carbons (Fsp3) is 0. The Morgan fingerprint density at radius 1 is 1.30 bits per heavy atom. The SMILES string of the molecule is NNc1nccc(C(=O)Nc2cc(F)cc(Cl)c2)c1F. The van der Waals surface area contributed by atoms with Crippen molar-refractivity contribution in [2.24, 2.45) is 5.84 Å². The van der Waals surface area contributed by atoms with E-state index in [4.69, 9.17) is 17.4 Å². The lowest BCUT2D eigenvalue weighted by Crippen LogP contribution is -2.17. The van der Waals surface area contributed by atoms with Gasteiger partial charge in [0.05, 0.1) is 5.56 Å². The highest BCUT2D eigenvalue weighted by Gasteiger charge is 2.16. The molecule has 0 aliphatic rings. The summed E-state index contributed by atoms with van der Waals surface area (Å²) in [4.78, 5) is 15.5. The highest BCUT2D eigenvalue weighted by atomic mass is 35.5. The van der Waals surface area contributed by atoms with E-state index in [-0.39, 0.29) is 22.1 Å². The average Bonchev–Trinajstić information content (AvgIpc) is 2.37. The molecule has 0 unspecified atom stereocenters. The van der Waals surface area contributed by atoms with Crippen molar-refractivity contribution in [3.63, 3.8) is 0 Å². The predicted molar refractivity (Wildman–Crippen MR) is 71.4 cm³/mol. The van der Waals surface area contributed by atoms with Crippen molar-refractivity contribution in [2.75, 3.05) is 10.7 Å². The van der Waals surface area contributed by atoms with Gasteiger partial charge in [-0.25, -0.2) is 19.6 Å². The first-order chi connectivity index (χ1) is 9.51. The van der Waals surface area contributed by atoms with E-state index in [0.717, 1.165) is 12.1 Å². The number of nitrogens with two attached hydrogens (primary N) is 1. The van der Waals surface area contributed by atoms with E-state index in [9.17, 15) is 13.6 Å². The van der Waals surface area contributed by atoms with Crippen LogP contribution in [0.25, 0.3) is 0 Å². The van der Waals surface area contributed by atoms with Gasteiger partial charge in [-0.1, -0.05) is 11.6 Å². The van der Waals surface area contributed by atoms with Gasteiger partial charge in [-0.05, 0) is 24.3 Å². The van der Waals surface area contributed by atoms with Crippen LogP contribution in [0.4, 0.5) is 20.3 Å². The molecule has 5 nitrogen and oxygen atoms in total. The molecular formula is C12H9ClF2N4O. The number of amides is 1. The number of hydrogen-bond donors (Lipinski definition) is 3. The minimum absolute atomic E-state index is 0.110. The first-order valence-electron chi connectivity index (χ1n) is 5.40. The van der Waals surface area contributed by atoms with Gasteiger partial charge in [0.25, 0.3) is 5.91 Å². The lowest BCUT2D eigenvalue weighted by atomic mass is 10.2. The molecule has 0 aliphatic carbocycles. The van der Waals surface area contributed by atoms with Crippen LogP contribution in [0.15, 0.2) is 30.5 Å². The lowest BCUT2D eigenvalue weighted by Gasteiger charge is -2.08. The molecule has 0 bridgehead atoms. The van der Waals surface area contributed by atoms with E-state index in [1.807, 2.05) is 5.43 Å². The number of aromatic nitrogens is 1. The molecule has 1 aromatic heterocycles. The zero-order chi connectivity index (χ0) is 14.7. The second-order valence-corrected chi connectivity index (χ2v) is 4.21. The molecule has 0 saturated carbocycles. The molecule has 2 rings (SSSR count). The van der Waals surface area contributed by atoms with Crippen LogP contribution in [0, 0.1) is 11.6 Å². The van der Waals surface area contributed by atoms with Crippen molar-refractivity contribution in [1.82, 2.24) is 4.98 Å². The monoisotopic (exact) mass is 298 g/mol. The molecule has 0 aliphatic heterocycles. The molecule has 1 amide bonds. The zero-order valence-electron chi connectivity index (χ0n) is 9.95. The van der Waals surface area contributed by atoms with Crippen molar-refractivity contribution >= 4 is 29.0 Å². The molecular weight excluding hydrogens is 290 g/mol. The maximum atomic E-state index is 13.8. The molecule has 20 heavy (non-hydrogen) atoms. The van der Waals surface area contributed by atoms with Crippen LogP contribution >= 0.6 is 11.6 Å². The van der Waals surface area contributed by atoms with E-state index in [1.165, 1.54) is 18.3 Å². The highest BCUT2D eigenvalue weighted by Crippen LogP contribution is 2.20. The summed E-state index contributed by atoms with van der Waals surface area (Å²) in [5, 5.41) is 2.44. The third kappa shape index (κ3) is 3.01. The van der Waals surface area contributed by atoms with Crippen molar-refractivity contribution in [2.45, 2.75) is 0 Å². The van der Waals surface area contributed by atoms with Gasteiger partial charge in [-0.3, -0.25) is 4.79 Å². The number of halogens is 3. The van der Waals surface area contributed by atoms with Crippen molar-refractivity contribution in [3.8, 4) is 0 Å². The van der Waals surface area contributed by atoms with Crippen LogP contribution in [0.1, 0.15) is 10.4 Å². The fourth-order valence-electron chi connectivity index (χ4n) is 1.54. The van der Waals surface area contributed by atoms with E-state index < -0.39 is 17.5 Å². The number of nitrogen functional groups attached to an aromatic ring is 1. The van der Waals surface area contributed by atoms with Crippen LogP contribution in [-0.4, -0.2) is 10.9 Å². The molecule has 4 N–H and O–H groups in total. The van der Waals surface area contributed by atoms with Crippen LogP contribution in [-0.2, 0) is 0 Å². The number of nitrogens with one attached hydrogen (secondary N) is 2. The summed E-state index contributed by atoms with van der Waals surface area (Å²) >= 11 is 5.66. The number of hydrazine groups is 1. The molecule has 104 valence electrons. The fourth-order valence-corrected chi connectivity index (χ4v) is 1.77. The zero-order valence-corrected chi connectivity index (χ0v) is 10.7.